The third-order valence-corrected chi connectivity index (χ3v) is 1.83. The van der Waals surface area contributed by atoms with Gasteiger partial charge in [-0.1, -0.05) is 13.8 Å². The summed E-state index contributed by atoms with van der Waals surface area (Å²) < 4.78 is 11.2. The number of hydrogen-bond donors (Lipinski definition) is 1. The third-order valence-electron chi connectivity index (χ3n) is 1.83. The zero-order valence-corrected chi connectivity index (χ0v) is 11.0. The van der Waals surface area contributed by atoms with Gasteiger partial charge in [0.05, 0.1) is 31.5 Å². The van der Waals surface area contributed by atoms with Gasteiger partial charge >= 0.3 is 0 Å². The van der Waals surface area contributed by atoms with Crippen molar-refractivity contribution < 1.29 is 9.47 Å². The highest BCUT2D eigenvalue weighted by Gasteiger charge is 2.12. The Morgan fingerprint density at radius 3 is 1.47 bits per heavy atom. The second kappa shape index (κ2) is 8.08. The van der Waals surface area contributed by atoms with Gasteiger partial charge in [0.2, 0.25) is 0 Å². The summed E-state index contributed by atoms with van der Waals surface area (Å²) in [6.45, 7) is 13.9. The van der Waals surface area contributed by atoms with Crippen LogP contribution < -0.4 is 5.32 Å². The van der Waals surface area contributed by atoms with Crippen LogP contribution in [0.15, 0.2) is 0 Å². The highest BCUT2D eigenvalue weighted by Crippen LogP contribution is 1.97. The van der Waals surface area contributed by atoms with Gasteiger partial charge in [-0.2, -0.15) is 0 Å². The topological polar surface area (TPSA) is 30.5 Å². The predicted molar refractivity (Wildman–Crippen MR) is 64.2 cm³/mol. The predicted octanol–water partition coefficient (Wildman–Crippen LogP) is 2.20. The molecule has 0 aromatic carbocycles. The van der Waals surface area contributed by atoms with Crippen LogP contribution in [0.2, 0.25) is 0 Å². The van der Waals surface area contributed by atoms with Gasteiger partial charge in [0.25, 0.3) is 0 Å². The van der Waals surface area contributed by atoms with Crippen LogP contribution in [0.4, 0.5) is 0 Å². The summed E-state index contributed by atoms with van der Waals surface area (Å²) in [6, 6.07) is 0.747. The van der Waals surface area contributed by atoms with E-state index in [0.717, 1.165) is 0 Å². The maximum atomic E-state index is 5.59. The Balaban J connectivity index is 3.84. The molecular formula is C12H27NO2. The van der Waals surface area contributed by atoms with Crippen molar-refractivity contribution in [3.05, 3.63) is 0 Å². The minimum absolute atomic E-state index is 0.278. The van der Waals surface area contributed by atoms with Gasteiger partial charge in [-0.05, 0) is 27.7 Å². The molecule has 3 heteroatoms. The summed E-state index contributed by atoms with van der Waals surface area (Å²) in [5.74, 6) is 0. The van der Waals surface area contributed by atoms with Crippen LogP contribution in [0.25, 0.3) is 0 Å². The van der Waals surface area contributed by atoms with Gasteiger partial charge in [-0.3, -0.25) is 0 Å². The average molecular weight is 217 g/mol. The molecule has 0 saturated heterocycles. The van der Waals surface area contributed by atoms with E-state index in [2.05, 4.69) is 46.9 Å². The largest absolute Gasteiger partial charge is 0.377 e. The summed E-state index contributed by atoms with van der Waals surface area (Å²) in [5.41, 5.74) is 0. The minimum atomic E-state index is 0.278. The first kappa shape index (κ1) is 14.9. The summed E-state index contributed by atoms with van der Waals surface area (Å²) in [5, 5.41) is 3.44. The smallest absolute Gasteiger partial charge is 0.0645 e. The third kappa shape index (κ3) is 10.2. The molecule has 3 nitrogen and oxygen atoms in total. The molecule has 1 N–H and O–H groups in total. The number of ether oxygens (including phenoxy) is 2. The van der Waals surface area contributed by atoms with Gasteiger partial charge in [0.1, 0.15) is 0 Å². The van der Waals surface area contributed by atoms with Crippen LogP contribution in [-0.4, -0.2) is 37.5 Å². The molecule has 0 radical (unpaired) electrons. The Morgan fingerprint density at radius 2 is 1.20 bits per heavy atom. The van der Waals surface area contributed by atoms with Gasteiger partial charge in [-0.15, -0.1) is 0 Å². The molecule has 0 fully saturated rings. The van der Waals surface area contributed by atoms with E-state index in [4.69, 9.17) is 9.47 Å². The van der Waals surface area contributed by atoms with Crippen molar-refractivity contribution in [3.8, 4) is 0 Å². The standard InChI is InChI=1S/C12H27NO2/c1-9(2)13-12(7-14-10(3)4)8-15-11(5)6/h9-13H,7-8H2,1-6H3. The van der Waals surface area contributed by atoms with Crippen molar-refractivity contribution in [1.29, 1.82) is 0 Å². The van der Waals surface area contributed by atoms with Crippen LogP contribution >= 0.6 is 0 Å². The van der Waals surface area contributed by atoms with E-state index in [-0.39, 0.29) is 18.2 Å². The number of nitrogens with one attached hydrogen (secondary N) is 1. The molecule has 0 unspecified atom stereocenters. The van der Waals surface area contributed by atoms with Crippen molar-refractivity contribution in [2.45, 2.75) is 65.8 Å². The Morgan fingerprint density at radius 1 is 0.800 bits per heavy atom. The molecule has 92 valence electrons. The molecule has 0 heterocycles. The molecule has 0 aromatic rings. The number of hydrogen-bond acceptors (Lipinski definition) is 3. The average Bonchev–Trinajstić information content (AvgIpc) is 2.08. The summed E-state index contributed by atoms with van der Waals surface area (Å²) in [4.78, 5) is 0. The van der Waals surface area contributed by atoms with Crippen molar-refractivity contribution in [1.82, 2.24) is 5.32 Å². The van der Waals surface area contributed by atoms with E-state index >= 15 is 0 Å². The molecule has 0 aromatic heterocycles. The SMILES string of the molecule is CC(C)NC(COC(C)C)COC(C)C. The fourth-order valence-corrected chi connectivity index (χ4v) is 1.23. The van der Waals surface area contributed by atoms with E-state index in [0.29, 0.717) is 19.3 Å². The van der Waals surface area contributed by atoms with E-state index in [9.17, 15) is 0 Å². The highest BCUT2D eigenvalue weighted by molar-refractivity contribution is 4.69. The van der Waals surface area contributed by atoms with Gasteiger partial charge in [0.15, 0.2) is 0 Å². The first-order valence-electron chi connectivity index (χ1n) is 5.91. The maximum Gasteiger partial charge on any atom is 0.0645 e. The Hall–Kier alpha value is -0.120. The molecule has 0 bridgehead atoms. The maximum absolute atomic E-state index is 5.59. The molecule has 0 amide bonds. The lowest BCUT2D eigenvalue weighted by Crippen LogP contribution is -2.42. The highest BCUT2D eigenvalue weighted by atomic mass is 16.5. The lowest BCUT2D eigenvalue weighted by Gasteiger charge is -2.23. The zero-order valence-electron chi connectivity index (χ0n) is 11.0. The Bertz CT molecular complexity index is 135. The molecule has 0 rings (SSSR count). The Kier molecular flexibility index (Phi) is 8.02. The molecule has 0 atom stereocenters. The second-order valence-electron chi connectivity index (χ2n) is 4.78. The van der Waals surface area contributed by atoms with Crippen LogP contribution in [0.1, 0.15) is 41.5 Å². The van der Waals surface area contributed by atoms with Crippen molar-refractivity contribution in [2.75, 3.05) is 13.2 Å². The lowest BCUT2D eigenvalue weighted by atomic mass is 10.2. The first-order chi connectivity index (χ1) is 6.91. The van der Waals surface area contributed by atoms with E-state index in [1.807, 2.05) is 0 Å². The fourth-order valence-electron chi connectivity index (χ4n) is 1.23. The molecule has 0 spiro atoms. The van der Waals surface area contributed by atoms with Crippen molar-refractivity contribution in [2.24, 2.45) is 0 Å². The minimum Gasteiger partial charge on any atom is -0.377 e. The first-order valence-corrected chi connectivity index (χ1v) is 5.91. The molecular weight excluding hydrogens is 190 g/mol. The van der Waals surface area contributed by atoms with E-state index in [1.54, 1.807) is 0 Å². The molecule has 0 aliphatic heterocycles. The monoisotopic (exact) mass is 217 g/mol. The quantitative estimate of drug-likeness (QED) is 0.676. The van der Waals surface area contributed by atoms with Crippen LogP contribution in [0.3, 0.4) is 0 Å². The molecule has 0 saturated carbocycles. The molecule has 0 aliphatic rings. The van der Waals surface area contributed by atoms with Gasteiger partial charge in [-0.25, -0.2) is 0 Å². The van der Waals surface area contributed by atoms with Crippen LogP contribution in [-0.2, 0) is 9.47 Å². The van der Waals surface area contributed by atoms with Crippen molar-refractivity contribution >= 4 is 0 Å². The molecule has 0 aliphatic carbocycles. The van der Waals surface area contributed by atoms with Crippen molar-refractivity contribution in [3.63, 3.8) is 0 Å². The normalized spacial score (nSPS) is 12.4. The van der Waals surface area contributed by atoms with Gasteiger partial charge in [0, 0.05) is 6.04 Å². The lowest BCUT2D eigenvalue weighted by molar-refractivity contribution is 0.00947. The van der Waals surface area contributed by atoms with E-state index in [1.165, 1.54) is 0 Å². The summed E-state index contributed by atoms with van der Waals surface area (Å²) in [7, 11) is 0. The molecule has 15 heavy (non-hydrogen) atoms. The van der Waals surface area contributed by atoms with Crippen LogP contribution in [0, 0.1) is 0 Å². The second-order valence-corrected chi connectivity index (χ2v) is 4.78. The zero-order chi connectivity index (χ0) is 11.8. The number of rotatable bonds is 8. The fraction of sp³-hybridized carbons (Fsp3) is 1.00. The van der Waals surface area contributed by atoms with E-state index < -0.39 is 0 Å². The van der Waals surface area contributed by atoms with Gasteiger partial charge < -0.3 is 14.8 Å². The van der Waals surface area contributed by atoms with Crippen LogP contribution in [0.5, 0.6) is 0 Å². The summed E-state index contributed by atoms with van der Waals surface area (Å²) in [6.07, 6.45) is 0.557. The Labute approximate surface area is 94.5 Å². The summed E-state index contributed by atoms with van der Waals surface area (Å²) >= 11 is 0.